The van der Waals surface area contributed by atoms with Gasteiger partial charge in [0.1, 0.15) is 5.69 Å². The molecular formula is C14H20N4O2. The van der Waals surface area contributed by atoms with Crippen molar-refractivity contribution >= 4 is 12.2 Å². The summed E-state index contributed by atoms with van der Waals surface area (Å²) in [5.74, 6) is 0.314. The molecule has 0 radical (unpaired) electrons. The van der Waals surface area contributed by atoms with Gasteiger partial charge in [-0.25, -0.2) is 4.68 Å². The average Bonchev–Trinajstić information content (AvgIpc) is 2.93. The molecule has 3 rings (SSSR count). The molecule has 1 saturated heterocycles. The maximum atomic E-state index is 12.4. The molecule has 1 aliphatic carbocycles. The first kappa shape index (κ1) is 13.3. The Hall–Kier alpha value is -1.72. The van der Waals surface area contributed by atoms with E-state index in [0.29, 0.717) is 17.9 Å². The first-order chi connectivity index (χ1) is 9.62. The smallest absolute Gasteiger partial charge is 0.228 e. The van der Waals surface area contributed by atoms with E-state index >= 15 is 0 Å². The quantitative estimate of drug-likeness (QED) is 0.783. The number of aldehydes is 1. The van der Waals surface area contributed by atoms with Crippen LogP contribution >= 0.6 is 0 Å². The Labute approximate surface area is 118 Å². The fourth-order valence-electron chi connectivity index (χ4n) is 3.16. The van der Waals surface area contributed by atoms with E-state index in [-0.39, 0.29) is 11.5 Å². The van der Waals surface area contributed by atoms with E-state index in [4.69, 9.17) is 0 Å². The van der Waals surface area contributed by atoms with Crippen LogP contribution < -0.4 is 0 Å². The molecule has 6 nitrogen and oxygen atoms in total. The summed E-state index contributed by atoms with van der Waals surface area (Å²) in [4.78, 5) is 25.1. The number of carbonyl (C=O) groups is 2. The number of hydrogen-bond donors (Lipinski definition) is 0. The maximum Gasteiger partial charge on any atom is 0.228 e. The molecule has 0 unspecified atom stereocenters. The van der Waals surface area contributed by atoms with Crippen LogP contribution in [-0.2, 0) is 4.79 Å². The summed E-state index contributed by atoms with van der Waals surface area (Å²) in [7, 11) is 0. The maximum absolute atomic E-state index is 12.4. The fraction of sp³-hybridized carbons (Fsp3) is 0.714. The van der Waals surface area contributed by atoms with Crippen LogP contribution in [0.1, 0.15) is 55.6 Å². The summed E-state index contributed by atoms with van der Waals surface area (Å²) < 4.78 is 1.76. The minimum absolute atomic E-state index is 0.106. The number of piperidine rings is 1. The Balaban J connectivity index is 1.59. The number of rotatable bonds is 3. The van der Waals surface area contributed by atoms with Crippen LogP contribution in [-0.4, -0.2) is 45.2 Å². The van der Waals surface area contributed by atoms with Gasteiger partial charge in [0, 0.05) is 18.5 Å². The van der Waals surface area contributed by atoms with Gasteiger partial charge in [-0.2, -0.15) is 0 Å². The van der Waals surface area contributed by atoms with Crippen molar-refractivity contribution in [2.75, 3.05) is 13.1 Å². The minimum Gasteiger partial charge on any atom is -0.342 e. The van der Waals surface area contributed by atoms with E-state index in [1.165, 1.54) is 6.42 Å². The van der Waals surface area contributed by atoms with Gasteiger partial charge < -0.3 is 4.90 Å². The van der Waals surface area contributed by atoms with E-state index in [2.05, 4.69) is 17.2 Å². The number of likely N-dealkylation sites (tertiary alicyclic amines) is 1. The predicted octanol–water partition coefficient (Wildman–Crippen LogP) is 1.44. The molecule has 1 saturated carbocycles. The standard InChI is InChI=1S/C14H20N4O2/c1-14(5-2-6-14)13(20)17-7-3-12(4-8-17)18-9-11(10-19)15-16-18/h9-10,12H,2-8H2,1H3. The number of amides is 1. The molecule has 20 heavy (non-hydrogen) atoms. The van der Waals surface area contributed by atoms with E-state index in [1.807, 2.05) is 4.90 Å². The molecule has 1 aromatic rings. The van der Waals surface area contributed by atoms with Gasteiger partial charge in [-0.15, -0.1) is 5.10 Å². The Morgan fingerprint density at radius 2 is 2.10 bits per heavy atom. The highest BCUT2D eigenvalue weighted by molar-refractivity contribution is 5.83. The van der Waals surface area contributed by atoms with E-state index in [1.54, 1.807) is 10.9 Å². The minimum atomic E-state index is -0.106. The zero-order chi connectivity index (χ0) is 14.2. The SMILES string of the molecule is CC1(C(=O)N2CCC(n3cc(C=O)nn3)CC2)CCC1. The summed E-state index contributed by atoms with van der Waals surface area (Å²) in [6.45, 7) is 3.63. The van der Waals surface area contributed by atoms with Crippen LogP contribution in [0.2, 0.25) is 0 Å². The molecule has 6 heteroatoms. The van der Waals surface area contributed by atoms with Crippen molar-refractivity contribution in [3.05, 3.63) is 11.9 Å². The molecule has 0 bridgehead atoms. The lowest BCUT2D eigenvalue weighted by Gasteiger charge is -2.43. The molecule has 108 valence electrons. The topological polar surface area (TPSA) is 68.1 Å². The number of hydrogen-bond acceptors (Lipinski definition) is 4. The van der Waals surface area contributed by atoms with Crippen molar-refractivity contribution in [2.24, 2.45) is 5.41 Å². The van der Waals surface area contributed by atoms with Crippen molar-refractivity contribution in [3.63, 3.8) is 0 Å². The largest absolute Gasteiger partial charge is 0.342 e. The lowest BCUT2D eigenvalue weighted by atomic mass is 9.69. The highest BCUT2D eigenvalue weighted by atomic mass is 16.2. The normalized spacial score (nSPS) is 22.4. The molecule has 1 amide bonds. The lowest BCUT2D eigenvalue weighted by molar-refractivity contribution is -0.147. The summed E-state index contributed by atoms with van der Waals surface area (Å²) in [6.07, 6.45) is 7.37. The van der Waals surface area contributed by atoms with Crippen molar-refractivity contribution in [1.29, 1.82) is 0 Å². The zero-order valence-electron chi connectivity index (χ0n) is 11.8. The molecule has 2 aliphatic rings. The van der Waals surface area contributed by atoms with Crippen LogP contribution in [0.25, 0.3) is 0 Å². The second-order valence-electron chi connectivity index (χ2n) is 6.18. The molecule has 0 N–H and O–H groups in total. The van der Waals surface area contributed by atoms with Gasteiger partial charge in [-0.1, -0.05) is 18.6 Å². The Kier molecular flexibility index (Phi) is 3.31. The summed E-state index contributed by atoms with van der Waals surface area (Å²) >= 11 is 0. The highest BCUT2D eigenvalue weighted by Gasteiger charge is 2.42. The van der Waals surface area contributed by atoms with E-state index in [9.17, 15) is 9.59 Å². The molecule has 1 aromatic heterocycles. The van der Waals surface area contributed by atoms with Crippen molar-refractivity contribution in [2.45, 2.75) is 45.1 Å². The average molecular weight is 276 g/mol. The monoisotopic (exact) mass is 276 g/mol. The predicted molar refractivity (Wildman–Crippen MR) is 72.2 cm³/mol. The third-order valence-electron chi connectivity index (χ3n) is 4.75. The van der Waals surface area contributed by atoms with E-state index < -0.39 is 0 Å². The number of carbonyl (C=O) groups excluding carboxylic acids is 2. The second kappa shape index (κ2) is 5.00. The van der Waals surface area contributed by atoms with Gasteiger partial charge in [0.2, 0.25) is 5.91 Å². The van der Waals surface area contributed by atoms with Crippen molar-refractivity contribution < 1.29 is 9.59 Å². The first-order valence-corrected chi connectivity index (χ1v) is 7.29. The van der Waals surface area contributed by atoms with Crippen LogP contribution in [0.3, 0.4) is 0 Å². The van der Waals surface area contributed by atoms with Crippen LogP contribution in [0.15, 0.2) is 6.20 Å². The third-order valence-corrected chi connectivity index (χ3v) is 4.75. The van der Waals surface area contributed by atoms with Gasteiger partial charge in [0.15, 0.2) is 6.29 Å². The fourth-order valence-corrected chi connectivity index (χ4v) is 3.16. The lowest BCUT2D eigenvalue weighted by Crippen LogP contribution is -2.49. The van der Waals surface area contributed by atoms with Gasteiger partial charge in [0.05, 0.1) is 12.2 Å². The zero-order valence-corrected chi connectivity index (χ0v) is 11.8. The molecule has 0 atom stereocenters. The van der Waals surface area contributed by atoms with Crippen molar-refractivity contribution in [3.8, 4) is 0 Å². The van der Waals surface area contributed by atoms with Crippen LogP contribution in [0, 0.1) is 5.41 Å². The molecule has 1 aliphatic heterocycles. The second-order valence-corrected chi connectivity index (χ2v) is 6.18. The first-order valence-electron chi connectivity index (χ1n) is 7.29. The van der Waals surface area contributed by atoms with Gasteiger partial charge in [-0.3, -0.25) is 9.59 Å². The van der Waals surface area contributed by atoms with Crippen LogP contribution in [0.5, 0.6) is 0 Å². The van der Waals surface area contributed by atoms with Gasteiger partial charge >= 0.3 is 0 Å². The van der Waals surface area contributed by atoms with Gasteiger partial charge in [0.25, 0.3) is 0 Å². The van der Waals surface area contributed by atoms with Crippen molar-refractivity contribution in [1.82, 2.24) is 19.9 Å². The Morgan fingerprint density at radius 3 is 2.60 bits per heavy atom. The summed E-state index contributed by atoms with van der Waals surface area (Å²) in [5, 5.41) is 7.78. The molecule has 0 aromatic carbocycles. The third kappa shape index (κ3) is 2.23. The molecular weight excluding hydrogens is 256 g/mol. The number of aromatic nitrogens is 3. The summed E-state index contributed by atoms with van der Waals surface area (Å²) in [5.41, 5.74) is 0.260. The van der Waals surface area contributed by atoms with Crippen LogP contribution in [0.4, 0.5) is 0 Å². The van der Waals surface area contributed by atoms with E-state index in [0.717, 1.165) is 38.8 Å². The van der Waals surface area contributed by atoms with Gasteiger partial charge in [-0.05, 0) is 25.7 Å². The number of nitrogens with zero attached hydrogens (tertiary/aromatic N) is 4. The Bertz CT molecular complexity index is 513. The molecule has 2 heterocycles. The highest BCUT2D eigenvalue weighted by Crippen LogP contribution is 2.42. The Morgan fingerprint density at radius 1 is 1.40 bits per heavy atom. The summed E-state index contributed by atoms with van der Waals surface area (Å²) in [6, 6.07) is 0.245. The molecule has 0 spiro atoms. The molecule has 2 fully saturated rings.